The Morgan fingerprint density at radius 2 is 1.88 bits per heavy atom. The van der Waals surface area contributed by atoms with Crippen molar-refractivity contribution in [3.63, 3.8) is 0 Å². The summed E-state index contributed by atoms with van der Waals surface area (Å²) in [5, 5.41) is 23.6. The molecule has 0 saturated carbocycles. The molecule has 10 heteroatoms. The number of aromatic hydroxyl groups is 1. The predicted octanol–water partition coefficient (Wildman–Crippen LogP) is 5.05. The fourth-order valence-electron chi connectivity index (χ4n) is 2.82. The van der Waals surface area contributed by atoms with E-state index in [1.807, 2.05) is 0 Å². The van der Waals surface area contributed by atoms with Crippen LogP contribution in [0.25, 0.3) is 5.57 Å². The summed E-state index contributed by atoms with van der Waals surface area (Å²) in [4.78, 5) is 23.8. The van der Waals surface area contributed by atoms with Crippen LogP contribution in [0.3, 0.4) is 0 Å². The number of hydrogen-bond acceptors (Lipinski definition) is 5. The maximum atomic E-state index is 13.1. The van der Waals surface area contributed by atoms with Crippen LogP contribution in [0.5, 0.6) is 5.75 Å². The third kappa shape index (κ3) is 6.12. The number of phenolic OH excluding ortho intramolecular Hbond substituents is 1. The number of carboxylic acids is 1. The Kier molecular flexibility index (Phi) is 8.02. The van der Waals surface area contributed by atoms with E-state index in [4.69, 9.17) is 5.11 Å². The number of allylic oxidation sites excluding steroid dienone is 2. The Labute approximate surface area is 193 Å². The van der Waals surface area contributed by atoms with Crippen LogP contribution in [0.4, 0.5) is 24.5 Å². The molecule has 7 nitrogen and oxygen atoms in total. The topological polar surface area (TPSA) is 102 Å². The van der Waals surface area contributed by atoms with Gasteiger partial charge in [-0.3, -0.25) is 10.2 Å². The van der Waals surface area contributed by atoms with Gasteiger partial charge < -0.3 is 15.1 Å². The van der Waals surface area contributed by atoms with Crippen LogP contribution in [-0.2, 0) is 15.8 Å². The molecule has 0 bridgehead atoms. The molecule has 2 aromatic rings. The highest BCUT2D eigenvalue weighted by atomic mass is 19.4. The van der Waals surface area contributed by atoms with Crippen LogP contribution in [0.15, 0.2) is 72.4 Å². The number of benzene rings is 2. The van der Waals surface area contributed by atoms with Crippen molar-refractivity contribution in [3.8, 4) is 5.75 Å². The lowest BCUT2D eigenvalue weighted by atomic mass is 10.0. The van der Waals surface area contributed by atoms with E-state index in [0.717, 1.165) is 17.0 Å². The number of hydrogen-bond donors (Lipinski definition) is 3. The molecule has 0 fully saturated rings. The van der Waals surface area contributed by atoms with Crippen molar-refractivity contribution < 1.29 is 33.0 Å². The van der Waals surface area contributed by atoms with Gasteiger partial charge in [-0.05, 0) is 29.8 Å². The van der Waals surface area contributed by atoms with Crippen molar-refractivity contribution in [2.45, 2.75) is 13.1 Å². The molecule has 0 aliphatic carbocycles. The second-order valence-electron chi connectivity index (χ2n) is 7.06. The number of carbonyl (C=O) groups is 2. The number of carbonyl (C=O) groups excluding carboxylic acids is 1. The first-order chi connectivity index (χ1) is 15.9. The lowest BCUT2D eigenvalue weighted by Gasteiger charge is -2.19. The van der Waals surface area contributed by atoms with Crippen molar-refractivity contribution in [1.82, 2.24) is 0 Å². The molecule has 0 aliphatic heterocycles. The Bertz CT molecular complexity index is 1200. The summed E-state index contributed by atoms with van der Waals surface area (Å²) in [6.45, 7) is 8.24. The molecule has 0 unspecified atom stereocenters. The van der Waals surface area contributed by atoms with Crippen molar-refractivity contribution in [3.05, 3.63) is 84.0 Å². The number of anilines is 2. The average Bonchev–Trinajstić information content (AvgIpc) is 2.77. The molecule has 1 amide bonds. The normalized spacial score (nSPS) is 11.9. The van der Waals surface area contributed by atoms with Gasteiger partial charge in [-0.15, -0.1) is 0 Å². The highest BCUT2D eigenvalue weighted by Crippen LogP contribution is 2.34. The van der Waals surface area contributed by atoms with Crippen LogP contribution < -0.4 is 10.3 Å². The van der Waals surface area contributed by atoms with Gasteiger partial charge in [-0.2, -0.15) is 18.3 Å². The first-order valence-corrected chi connectivity index (χ1v) is 9.70. The van der Waals surface area contributed by atoms with Crippen LogP contribution in [0, 0.1) is 0 Å². The summed E-state index contributed by atoms with van der Waals surface area (Å²) >= 11 is 0. The number of halogens is 3. The zero-order chi connectivity index (χ0) is 25.6. The number of rotatable bonds is 8. The molecular formula is C24H22F3N3O4. The van der Waals surface area contributed by atoms with E-state index >= 15 is 0 Å². The zero-order valence-corrected chi connectivity index (χ0v) is 18.3. The molecule has 34 heavy (non-hydrogen) atoms. The van der Waals surface area contributed by atoms with E-state index in [9.17, 15) is 27.9 Å². The van der Waals surface area contributed by atoms with Gasteiger partial charge in [0.05, 0.1) is 28.7 Å². The lowest BCUT2D eigenvalue weighted by Crippen LogP contribution is -2.24. The third-order valence-electron chi connectivity index (χ3n) is 4.75. The predicted molar refractivity (Wildman–Crippen MR) is 125 cm³/mol. The number of para-hydroxylation sites is 1. The molecule has 0 radical (unpaired) electrons. The molecule has 0 aliphatic rings. The van der Waals surface area contributed by atoms with Gasteiger partial charge >= 0.3 is 12.1 Å². The van der Waals surface area contributed by atoms with Gasteiger partial charge in [0.1, 0.15) is 5.75 Å². The van der Waals surface area contributed by atoms with E-state index in [1.165, 1.54) is 50.5 Å². The Morgan fingerprint density at radius 3 is 2.44 bits per heavy atom. The minimum atomic E-state index is -4.59. The van der Waals surface area contributed by atoms with E-state index in [2.05, 4.69) is 23.7 Å². The van der Waals surface area contributed by atoms with E-state index in [-0.39, 0.29) is 33.8 Å². The number of aliphatic carboxylic acids is 1. The van der Waals surface area contributed by atoms with Gasteiger partial charge in [-0.1, -0.05) is 37.4 Å². The SMILES string of the molecule is C=C/C(=C\C(=C)C(=O)O)c1cccc(N/N=C/c2ccc(C(F)(F)F)cc2N(C)C(C)=O)c1O. The standard InChI is InChI=1S/C24H22F3N3O4/c1-5-16(11-14(2)23(33)34)19-7-6-8-20(22(19)32)29-28-13-17-9-10-18(24(25,26)27)12-21(17)30(4)15(3)31/h5-13,29,32H,1-2H2,3-4H3,(H,33,34)/b16-11+,28-13+. The summed E-state index contributed by atoms with van der Waals surface area (Å²) in [6, 6.07) is 7.47. The monoisotopic (exact) mass is 473 g/mol. The summed E-state index contributed by atoms with van der Waals surface area (Å²) in [5.74, 6) is -1.97. The molecule has 2 aromatic carbocycles. The Morgan fingerprint density at radius 1 is 1.21 bits per heavy atom. The van der Waals surface area contributed by atoms with Gasteiger partial charge in [-0.25, -0.2) is 4.79 Å². The fraction of sp³-hybridized carbons (Fsp3) is 0.125. The second kappa shape index (κ2) is 10.5. The zero-order valence-electron chi connectivity index (χ0n) is 18.3. The van der Waals surface area contributed by atoms with Gasteiger partial charge in [0.2, 0.25) is 5.91 Å². The summed E-state index contributed by atoms with van der Waals surface area (Å²) < 4.78 is 39.3. The maximum Gasteiger partial charge on any atom is 0.416 e. The number of carboxylic acid groups (broad SMARTS) is 1. The Balaban J connectivity index is 2.40. The van der Waals surface area contributed by atoms with Gasteiger partial charge in [0.25, 0.3) is 0 Å². The number of hydrazone groups is 1. The summed E-state index contributed by atoms with van der Waals surface area (Å²) in [5.41, 5.74) is 2.36. The van der Waals surface area contributed by atoms with Crippen molar-refractivity contribution in [2.75, 3.05) is 17.4 Å². The minimum absolute atomic E-state index is 0.00472. The average molecular weight is 473 g/mol. The molecule has 178 valence electrons. The smallest absolute Gasteiger partial charge is 0.416 e. The quantitative estimate of drug-likeness (QED) is 0.164. The van der Waals surface area contributed by atoms with E-state index in [1.54, 1.807) is 6.07 Å². The molecule has 2 rings (SSSR count). The molecule has 0 atom stereocenters. The van der Waals surface area contributed by atoms with E-state index < -0.39 is 23.6 Å². The molecule has 0 saturated heterocycles. The van der Waals surface area contributed by atoms with Crippen molar-refractivity contribution in [2.24, 2.45) is 5.10 Å². The van der Waals surface area contributed by atoms with Gasteiger partial charge in [0.15, 0.2) is 0 Å². The van der Waals surface area contributed by atoms with Crippen molar-refractivity contribution in [1.29, 1.82) is 0 Å². The maximum absolute atomic E-state index is 13.1. The van der Waals surface area contributed by atoms with E-state index in [0.29, 0.717) is 5.57 Å². The third-order valence-corrected chi connectivity index (χ3v) is 4.75. The summed E-state index contributed by atoms with van der Waals surface area (Å²) in [6.07, 6.45) is -0.793. The lowest BCUT2D eigenvalue weighted by molar-refractivity contribution is -0.137. The fourth-order valence-corrected chi connectivity index (χ4v) is 2.82. The molecule has 0 heterocycles. The van der Waals surface area contributed by atoms with Crippen LogP contribution in [0.2, 0.25) is 0 Å². The Hall–Kier alpha value is -4.34. The number of alkyl halides is 3. The number of amides is 1. The van der Waals surface area contributed by atoms with Crippen LogP contribution in [-0.4, -0.2) is 35.4 Å². The first-order valence-electron chi connectivity index (χ1n) is 9.70. The minimum Gasteiger partial charge on any atom is -0.505 e. The molecule has 0 spiro atoms. The molecule has 0 aromatic heterocycles. The highest BCUT2D eigenvalue weighted by Gasteiger charge is 2.31. The summed E-state index contributed by atoms with van der Waals surface area (Å²) in [7, 11) is 1.34. The number of nitrogens with one attached hydrogen (secondary N) is 1. The van der Waals surface area contributed by atoms with Crippen molar-refractivity contribution >= 4 is 35.0 Å². The number of nitrogens with zero attached hydrogens (tertiary/aromatic N) is 2. The van der Waals surface area contributed by atoms with Crippen LogP contribution in [0.1, 0.15) is 23.6 Å². The first kappa shape index (κ1) is 25.9. The van der Waals surface area contributed by atoms with Crippen LogP contribution >= 0.6 is 0 Å². The molecule has 3 N–H and O–H groups in total. The second-order valence-corrected chi connectivity index (χ2v) is 7.06. The molecular weight excluding hydrogens is 451 g/mol. The highest BCUT2D eigenvalue weighted by molar-refractivity contribution is 5.98. The number of phenols is 1. The largest absolute Gasteiger partial charge is 0.505 e. The van der Waals surface area contributed by atoms with Gasteiger partial charge in [0, 0.05) is 25.1 Å².